The minimum absolute atomic E-state index is 0.00419. The van der Waals surface area contributed by atoms with E-state index in [0.717, 1.165) is 0 Å². The molecule has 0 saturated heterocycles. The second-order valence-electron chi connectivity index (χ2n) is 11.9. The molecule has 288 valence electrons. The molecule has 52 heavy (non-hydrogen) atoms. The molecule has 0 aliphatic rings. The standard InChI is InChI=1S/C31H45N7O14/c1-14(2)25(31(52)35-19(8-9-22(41)42)28(49)33-12-24(45)46)38-30(51)21(13-39)37-29(50)20(11-23(43)44)36-26(47)15(3)34-27(48)18(32)10-16-4-6-17(40)7-5-16/h4-7,14-15,18-21,25,39-40H,8-13,32H2,1-3H3,(H,33,49)(H,34,48)(H,35,52)(H,36,47)(H,37,50)(H,38,51)(H,41,42)(H,43,44)(H,45,46)/t15-,18-,19-,20-,21-,25-/m0/s1. The Balaban J connectivity index is 2.98. The van der Waals surface area contributed by atoms with E-state index in [4.69, 9.17) is 15.9 Å². The van der Waals surface area contributed by atoms with Crippen LogP contribution in [0.15, 0.2) is 24.3 Å². The number of carboxylic acid groups (broad SMARTS) is 3. The maximum atomic E-state index is 13.1. The average Bonchev–Trinajstić information content (AvgIpc) is 3.06. The number of benzene rings is 1. The van der Waals surface area contributed by atoms with Crippen molar-refractivity contribution in [1.82, 2.24) is 31.9 Å². The minimum Gasteiger partial charge on any atom is -0.508 e. The second kappa shape index (κ2) is 21.4. The highest BCUT2D eigenvalue weighted by atomic mass is 16.4. The van der Waals surface area contributed by atoms with Crippen LogP contribution in [0.3, 0.4) is 0 Å². The zero-order valence-corrected chi connectivity index (χ0v) is 28.6. The molecule has 0 spiro atoms. The van der Waals surface area contributed by atoms with Gasteiger partial charge >= 0.3 is 17.9 Å². The summed E-state index contributed by atoms with van der Waals surface area (Å²) in [4.78, 5) is 111. The van der Waals surface area contributed by atoms with Crippen molar-refractivity contribution in [3.8, 4) is 5.75 Å². The second-order valence-corrected chi connectivity index (χ2v) is 11.9. The summed E-state index contributed by atoms with van der Waals surface area (Å²) < 4.78 is 0. The van der Waals surface area contributed by atoms with Crippen LogP contribution in [0.1, 0.15) is 45.6 Å². The Hall–Kier alpha value is -5.83. The lowest BCUT2D eigenvalue weighted by molar-refractivity contribution is -0.142. The molecule has 13 N–H and O–H groups in total. The van der Waals surface area contributed by atoms with E-state index >= 15 is 0 Å². The van der Waals surface area contributed by atoms with Gasteiger partial charge in [0.1, 0.15) is 42.5 Å². The molecule has 6 atom stereocenters. The number of rotatable bonds is 22. The number of carbonyl (C=O) groups excluding carboxylic acids is 6. The van der Waals surface area contributed by atoms with Gasteiger partial charge in [0.05, 0.1) is 19.1 Å². The van der Waals surface area contributed by atoms with Gasteiger partial charge in [0.15, 0.2) is 0 Å². The molecule has 1 aromatic rings. The molecule has 0 aliphatic carbocycles. The Morgan fingerprint density at radius 2 is 1.21 bits per heavy atom. The first-order valence-electron chi connectivity index (χ1n) is 15.8. The molecule has 0 fully saturated rings. The van der Waals surface area contributed by atoms with Crippen LogP contribution < -0.4 is 37.6 Å². The summed E-state index contributed by atoms with van der Waals surface area (Å²) in [6.07, 6.45) is -1.97. The third-order valence-corrected chi connectivity index (χ3v) is 7.25. The van der Waals surface area contributed by atoms with Crippen molar-refractivity contribution in [2.75, 3.05) is 13.2 Å². The van der Waals surface area contributed by atoms with Gasteiger partial charge in [-0.15, -0.1) is 0 Å². The average molecular weight is 740 g/mol. The number of aliphatic hydroxyl groups excluding tert-OH is 1. The number of hydrogen-bond donors (Lipinski definition) is 12. The van der Waals surface area contributed by atoms with E-state index in [2.05, 4.69) is 26.6 Å². The quantitative estimate of drug-likeness (QED) is 0.0538. The lowest BCUT2D eigenvalue weighted by Crippen LogP contribution is -2.61. The topological polar surface area (TPSA) is 353 Å². The van der Waals surface area contributed by atoms with Crippen LogP contribution in [0.2, 0.25) is 0 Å². The first kappa shape index (κ1) is 44.2. The van der Waals surface area contributed by atoms with Crippen molar-refractivity contribution in [2.45, 2.75) is 82.7 Å². The lowest BCUT2D eigenvalue weighted by atomic mass is 10.0. The molecule has 1 rings (SSSR count). The van der Waals surface area contributed by atoms with Crippen LogP contribution in [0.4, 0.5) is 0 Å². The largest absolute Gasteiger partial charge is 0.508 e. The van der Waals surface area contributed by atoms with Gasteiger partial charge < -0.3 is 63.2 Å². The van der Waals surface area contributed by atoms with Crippen LogP contribution in [-0.2, 0) is 49.6 Å². The number of phenols is 1. The molecular weight excluding hydrogens is 694 g/mol. The molecule has 21 heteroatoms. The first-order valence-corrected chi connectivity index (χ1v) is 15.8. The molecule has 0 aliphatic heterocycles. The van der Waals surface area contributed by atoms with Crippen LogP contribution >= 0.6 is 0 Å². The number of aromatic hydroxyl groups is 1. The summed E-state index contributed by atoms with van der Waals surface area (Å²) in [5.74, 6) is -11.1. The number of nitrogens with two attached hydrogens (primary N) is 1. The number of carboxylic acids is 3. The van der Waals surface area contributed by atoms with E-state index in [1.165, 1.54) is 32.9 Å². The van der Waals surface area contributed by atoms with Crippen molar-refractivity contribution in [2.24, 2.45) is 11.7 Å². The number of aliphatic hydroxyl groups is 1. The Morgan fingerprint density at radius 3 is 1.73 bits per heavy atom. The SMILES string of the molecule is CC(C)[C@H](NC(=O)[C@H](CO)NC(=O)[C@H](CC(=O)O)NC(=O)[C@H](C)NC(=O)[C@@H](N)Cc1ccc(O)cc1)C(=O)N[C@@H](CCC(=O)O)C(=O)NCC(=O)O. The zero-order valence-electron chi connectivity index (χ0n) is 28.6. The van der Waals surface area contributed by atoms with Gasteiger partial charge in [-0.2, -0.15) is 0 Å². The van der Waals surface area contributed by atoms with Gasteiger partial charge in [-0.1, -0.05) is 26.0 Å². The third-order valence-electron chi connectivity index (χ3n) is 7.25. The van der Waals surface area contributed by atoms with E-state index in [9.17, 15) is 58.5 Å². The van der Waals surface area contributed by atoms with Gasteiger partial charge in [-0.3, -0.25) is 43.2 Å². The predicted molar refractivity (Wildman–Crippen MR) is 177 cm³/mol. The molecule has 6 amide bonds. The Bertz CT molecular complexity index is 1470. The van der Waals surface area contributed by atoms with Crippen LogP contribution in [0.5, 0.6) is 5.75 Å². The van der Waals surface area contributed by atoms with Crippen molar-refractivity contribution in [3.05, 3.63) is 29.8 Å². The van der Waals surface area contributed by atoms with Gasteiger partial charge in [0, 0.05) is 6.42 Å². The number of aliphatic carboxylic acids is 3. The van der Waals surface area contributed by atoms with E-state index in [0.29, 0.717) is 5.56 Å². The smallest absolute Gasteiger partial charge is 0.322 e. The Labute approximate surface area is 297 Å². The number of phenolic OH excluding ortho intramolecular Hbond substituents is 1. The fourth-order valence-electron chi connectivity index (χ4n) is 4.38. The molecule has 0 heterocycles. The molecule has 0 unspecified atom stereocenters. The van der Waals surface area contributed by atoms with Crippen LogP contribution in [0.25, 0.3) is 0 Å². The monoisotopic (exact) mass is 739 g/mol. The van der Waals surface area contributed by atoms with Crippen molar-refractivity contribution >= 4 is 53.4 Å². The zero-order chi connectivity index (χ0) is 39.7. The van der Waals surface area contributed by atoms with E-state index in [1.807, 2.05) is 5.32 Å². The molecule has 1 aromatic carbocycles. The van der Waals surface area contributed by atoms with E-state index in [1.54, 1.807) is 12.1 Å². The van der Waals surface area contributed by atoms with Crippen LogP contribution in [0, 0.1) is 5.92 Å². The van der Waals surface area contributed by atoms with Gasteiger partial charge in [-0.25, -0.2) is 0 Å². The number of nitrogens with one attached hydrogen (secondary N) is 6. The molecule has 21 nitrogen and oxygen atoms in total. The number of hydrogen-bond acceptors (Lipinski definition) is 12. The van der Waals surface area contributed by atoms with Gasteiger partial charge in [-0.05, 0) is 43.4 Å². The predicted octanol–water partition coefficient (Wildman–Crippen LogP) is -4.11. The highest BCUT2D eigenvalue weighted by molar-refractivity contribution is 5.98. The summed E-state index contributed by atoms with van der Waals surface area (Å²) in [6.45, 7) is 2.30. The first-order chi connectivity index (χ1) is 24.2. The minimum atomic E-state index is -1.82. The summed E-state index contributed by atoms with van der Waals surface area (Å²) in [7, 11) is 0. The molecule has 0 saturated carbocycles. The van der Waals surface area contributed by atoms with Gasteiger partial charge in [0.2, 0.25) is 35.4 Å². The lowest BCUT2D eigenvalue weighted by Gasteiger charge is -2.27. The molecule has 0 radical (unpaired) electrons. The Morgan fingerprint density at radius 1 is 0.654 bits per heavy atom. The van der Waals surface area contributed by atoms with E-state index < -0.39 is 128 Å². The summed E-state index contributed by atoms with van der Waals surface area (Å²) in [5, 5.41) is 59.6. The fourth-order valence-corrected chi connectivity index (χ4v) is 4.38. The highest BCUT2D eigenvalue weighted by Gasteiger charge is 2.34. The van der Waals surface area contributed by atoms with E-state index in [-0.39, 0.29) is 12.2 Å². The number of amides is 6. The molecule has 0 aromatic heterocycles. The summed E-state index contributed by atoms with van der Waals surface area (Å²) >= 11 is 0. The van der Waals surface area contributed by atoms with Crippen LogP contribution in [-0.4, -0.2) is 128 Å². The molecular formula is C31H45N7O14. The third kappa shape index (κ3) is 15.8. The summed E-state index contributed by atoms with van der Waals surface area (Å²) in [5.41, 5.74) is 6.52. The van der Waals surface area contributed by atoms with Gasteiger partial charge in [0.25, 0.3) is 0 Å². The number of carbonyl (C=O) groups is 9. The summed E-state index contributed by atoms with van der Waals surface area (Å²) in [6, 6.07) is -3.16. The van der Waals surface area contributed by atoms with Crippen molar-refractivity contribution in [3.63, 3.8) is 0 Å². The normalized spacial score (nSPS) is 14.3. The van der Waals surface area contributed by atoms with Crippen molar-refractivity contribution in [1.29, 1.82) is 0 Å². The fraction of sp³-hybridized carbons (Fsp3) is 0.516. The van der Waals surface area contributed by atoms with Crippen molar-refractivity contribution < 1.29 is 68.7 Å². The Kier molecular flexibility index (Phi) is 18.2. The highest BCUT2D eigenvalue weighted by Crippen LogP contribution is 2.11. The maximum absolute atomic E-state index is 13.1. The molecule has 0 bridgehead atoms. The maximum Gasteiger partial charge on any atom is 0.322 e.